The number of nitrogens with two attached hydrogens (primary N) is 1. The molecule has 0 aliphatic heterocycles. The highest BCUT2D eigenvalue weighted by molar-refractivity contribution is 5.80. The number of nitrogens with one attached hydrogen (secondary N) is 1. The lowest BCUT2D eigenvalue weighted by Crippen LogP contribution is -2.44. The van der Waals surface area contributed by atoms with Gasteiger partial charge < -0.3 is 21.3 Å². The van der Waals surface area contributed by atoms with Crippen molar-refractivity contribution in [3.63, 3.8) is 0 Å². The van der Waals surface area contributed by atoms with Gasteiger partial charge in [0.2, 0.25) is 5.91 Å². The molecule has 0 spiro atoms. The standard InChI is InChI=1S/C11H20N2O4/c12-8-5-3-1-2-4-7(8)10(15)13-6-9(14)11(16)17/h7-9,14H,1-6,12H2,(H,13,15)(H,16,17). The van der Waals surface area contributed by atoms with Crippen LogP contribution in [0.3, 0.4) is 0 Å². The maximum absolute atomic E-state index is 11.8. The Morgan fingerprint density at radius 1 is 1.29 bits per heavy atom. The number of hydrogen-bond acceptors (Lipinski definition) is 4. The molecule has 1 amide bonds. The highest BCUT2D eigenvalue weighted by atomic mass is 16.4. The van der Waals surface area contributed by atoms with E-state index in [-0.39, 0.29) is 24.4 Å². The van der Waals surface area contributed by atoms with Crippen molar-refractivity contribution < 1.29 is 19.8 Å². The fourth-order valence-corrected chi connectivity index (χ4v) is 2.08. The summed E-state index contributed by atoms with van der Waals surface area (Å²) in [5.74, 6) is -1.85. The lowest BCUT2D eigenvalue weighted by molar-refractivity contribution is -0.146. The number of carbonyl (C=O) groups is 2. The highest BCUT2D eigenvalue weighted by Crippen LogP contribution is 2.22. The van der Waals surface area contributed by atoms with Crippen LogP contribution in [0.2, 0.25) is 0 Å². The first-order chi connectivity index (χ1) is 8.02. The van der Waals surface area contributed by atoms with Gasteiger partial charge in [-0.05, 0) is 12.8 Å². The van der Waals surface area contributed by atoms with E-state index < -0.39 is 12.1 Å². The van der Waals surface area contributed by atoms with Crippen molar-refractivity contribution in [3.8, 4) is 0 Å². The third-order valence-electron chi connectivity index (χ3n) is 3.16. The number of aliphatic carboxylic acids is 1. The second-order valence-electron chi connectivity index (χ2n) is 4.51. The Balaban J connectivity index is 2.42. The summed E-state index contributed by atoms with van der Waals surface area (Å²) in [5, 5.41) is 20.0. The number of hydrogen-bond donors (Lipinski definition) is 4. The SMILES string of the molecule is NC1CCCCCC1C(=O)NCC(O)C(=O)O. The second kappa shape index (κ2) is 6.56. The minimum atomic E-state index is -1.55. The summed E-state index contributed by atoms with van der Waals surface area (Å²) in [5.41, 5.74) is 5.91. The quantitative estimate of drug-likeness (QED) is 0.496. The first-order valence-corrected chi connectivity index (χ1v) is 5.96. The van der Waals surface area contributed by atoms with Crippen LogP contribution in [-0.4, -0.2) is 40.8 Å². The predicted octanol–water partition coefficient (Wildman–Crippen LogP) is -0.544. The summed E-state index contributed by atoms with van der Waals surface area (Å²) in [7, 11) is 0. The van der Waals surface area contributed by atoms with Crippen LogP contribution in [0.1, 0.15) is 32.1 Å². The van der Waals surface area contributed by atoms with Gasteiger partial charge in [0, 0.05) is 6.04 Å². The van der Waals surface area contributed by atoms with Gasteiger partial charge in [-0.15, -0.1) is 0 Å². The summed E-state index contributed by atoms with van der Waals surface area (Å²) in [6.07, 6.45) is 3.07. The number of amides is 1. The minimum absolute atomic E-state index is 0.167. The maximum atomic E-state index is 11.8. The molecule has 3 atom stereocenters. The fraction of sp³-hybridized carbons (Fsp3) is 0.818. The molecule has 6 heteroatoms. The summed E-state index contributed by atoms with van der Waals surface area (Å²) < 4.78 is 0. The van der Waals surface area contributed by atoms with Gasteiger partial charge in [-0.2, -0.15) is 0 Å². The van der Waals surface area contributed by atoms with Crippen molar-refractivity contribution in [2.75, 3.05) is 6.54 Å². The molecule has 98 valence electrons. The molecule has 5 N–H and O–H groups in total. The zero-order chi connectivity index (χ0) is 12.8. The van der Waals surface area contributed by atoms with Crippen LogP contribution in [0.5, 0.6) is 0 Å². The molecular formula is C11H20N2O4. The average molecular weight is 244 g/mol. The van der Waals surface area contributed by atoms with Crippen molar-refractivity contribution in [3.05, 3.63) is 0 Å². The molecule has 3 unspecified atom stereocenters. The van der Waals surface area contributed by atoms with Gasteiger partial charge in [-0.25, -0.2) is 4.79 Å². The normalized spacial score (nSPS) is 26.9. The zero-order valence-corrected chi connectivity index (χ0v) is 9.76. The van der Waals surface area contributed by atoms with Crippen molar-refractivity contribution in [1.82, 2.24) is 5.32 Å². The van der Waals surface area contributed by atoms with E-state index in [0.29, 0.717) is 0 Å². The number of carbonyl (C=O) groups excluding carboxylic acids is 1. The molecule has 0 radical (unpaired) electrons. The van der Waals surface area contributed by atoms with Crippen molar-refractivity contribution >= 4 is 11.9 Å². The molecular weight excluding hydrogens is 224 g/mol. The van der Waals surface area contributed by atoms with E-state index in [9.17, 15) is 9.59 Å². The van der Waals surface area contributed by atoms with E-state index in [1.54, 1.807) is 0 Å². The second-order valence-corrected chi connectivity index (χ2v) is 4.51. The van der Waals surface area contributed by atoms with Crippen molar-refractivity contribution in [2.24, 2.45) is 11.7 Å². The van der Waals surface area contributed by atoms with Crippen LogP contribution in [-0.2, 0) is 9.59 Å². The fourth-order valence-electron chi connectivity index (χ4n) is 2.08. The molecule has 6 nitrogen and oxygen atoms in total. The Kier molecular flexibility index (Phi) is 5.37. The van der Waals surface area contributed by atoms with Crippen LogP contribution < -0.4 is 11.1 Å². The molecule has 0 heterocycles. The monoisotopic (exact) mass is 244 g/mol. The van der Waals surface area contributed by atoms with Gasteiger partial charge in [-0.3, -0.25) is 4.79 Å². The summed E-state index contributed by atoms with van der Waals surface area (Å²) in [6, 6.07) is -0.167. The highest BCUT2D eigenvalue weighted by Gasteiger charge is 2.27. The lowest BCUT2D eigenvalue weighted by atomic mass is 9.94. The van der Waals surface area contributed by atoms with Gasteiger partial charge in [0.05, 0.1) is 12.5 Å². The Morgan fingerprint density at radius 3 is 2.59 bits per heavy atom. The van der Waals surface area contributed by atoms with E-state index in [0.717, 1.165) is 32.1 Å². The molecule has 17 heavy (non-hydrogen) atoms. The predicted molar refractivity (Wildman–Crippen MR) is 61.2 cm³/mol. The molecule has 0 aromatic carbocycles. The van der Waals surface area contributed by atoms with Crippen LogP contribution in [0.25, 0.3) is 0 Å². The molecule has 0 saturated heterocycles. The van der Waals surface area contributed by atoms with Gasteiger partial charge in [0.25, 0.3) is 0 Å². The third-order valence-corrected chi connectivity index (χ3v) is 3.16. The number of carboxylic acid groups (broad SMARTS) is 1. The van der Waals surface area contributed by atoms with Crippen LogP contribution in [0, 0.1) is 5.92 Å². The topological polar surface area (TPSA) is 113 Å². The van der Waals surface area contributed by atoms with E-state index in [2.05, 4.69) is 5.32 Å². The number of aliphatic hydroxyl groups is 1. The largest absolute Gasteiger partial charge is 0.479 e. The van der Waals surface area contributed by atoms with Crippen molar-refractivity contribution in [1.29, 1.82) is 0 Å². The number of carboxylic acids is 1. The summed E-state index contributed by atoms with van der Waals surface area (Å²) in [6.45, 7) is -0.266. The molecule has 1 fully saturated rings. The first-order valence-electron chi connectivity index (χ1n) is 5.96. The molecule has 1 aliphatic rings. The van der Waals surface area contributed by atoms with E-state index >= 15 is 0 Å². The van der Waals surface area contributed by atoms with E-state index in [1.165, 1.54) is 0 Å². The van der Waals surface area contributed by atoms with Gasteiger partial charge in [-0.1, -0.05) is 19.3 Å². The molecule has 0 bridgehead atoms. The van der Waals surface area contributed by atoms with Crippen LogP contribution in [0.15, 0.2) is 0 Å². The zero-order valence-electron chi connectivity index (χ0n) is 9.76. The summed E-state index contributed by atoms with van der Waals surface area (Å²) in [4.78, 5) is 22.2. The van der Waals surface area contributed by atoms with E-state index in [4.69, 9.17) is 15.9 Å². The van der Waals surface area contributed by atoms with Gasteiger partial charge in [0.1, 0.15) is 0 Å². The molecule has 1 aliphatic carbocycles. The van der Waals surface area contributed by atoms with Gasteiger partial charge in [0.15, 0.2) is 6.10 Å². The lowest BCUT2D eigenvalue weighted by Gasteiger charge is -2.20. The van der Waals surface area contributed by atoms with Crippen LogP contribution in [0.4, 0.5) is 0 Å². The van der Waals surface area contributed by atoms with Gasteiger partial charge >= 0.3 is 5.97 Å². The summed E-state index contributed by atoms with van der Waals surface area (Å²) >= 11 is 0. The molecule has 1 saturated carbocycles. The third kappa shape index (κ3) is 4.32. The van der Waals surface area contributed by atoms with E-state index in [1.807, 2.05) is 0 Å². The molecule has 0 aromatic rings. The first kappa shape index (κ1) is 13.9. The maximum Gasteiger partial charge on any atom is 0.334 e. The Morgan fingerprint density at radius 2 is 1.94 bits per heavy atom. The van der Waals surface area contributed by atoms with Crippen molar-refractivity contribution in [2.45, 2.75) is 44.2 Å². The Hall–Kier alpha value is -1.14. The molecule has 1 rings (SSSR count). The number of rotatable bonds is 4. The average Bonchev–Trinajstić information content (AvgIpc) is 2.50. The molecule has 0 aromatic heterocycles. The Bertz CT molecular complexity index is 283. The minimum Gasteiger partial charge on any atom is -0.479 e. The number of aliphatic hydroxyl groups excluding tert-OH is 1. The smallest absolute Gasteiger partial charge is 0.334 e. The Labute approximate surface area is 100 Å². The van der Waals surface area contributed by atoms with Crippen LogP contribution >= 0.6 is 0 Å².